The molecule has 0 saturated carbocycles. The molecular formula is C17H20N2O3. The lowest BCUT2D eigenvalue weighted by Crippen LogP contribution is -2.24. The number of pyridine rings is 1. The highest BCUT2D eigenvalue weighted by Crippen LogP contribution is 2.15. The third kappa shape index (κ3) is 4.05. The minimum Gasteiger partial charge on any atom is -0.477 e. The first kappa shape index (κ1) is 16.0. The predicted molar refractivity (Wildman–Crippen MR) is 83.7 cm³/mol. The summed E-state index contributed by atoms with van der Waals surface area (Å²) in [5, 5.41) is 2.90. The number of hydrogen-bond acceptors (Lipinski definition) is 4. The van der Waals surface area contributed by atoms with E-state index in [-0.39, 0.29) is 5.91 Å². The number of amides is 1. The molecule has 0 bridgehead atoms. The molecule has 2 rings (SSSR count). The first-order chi connectivity index (χ1) is 10.8. The molecule has 1 aromatic carbocycles. The molecule has 1 amide bonds. The minimum atomic E-state index is -0.205. The van der Waals surface area contributed by atoms with Crippen LogP contribution in [0.2, 0.25) is 0 Å². The van der Waals surface area contributed by atoms with Crippen molar-refractivity contribution < 1.29 is 14.3 Å². The molecule has 0 saturated heterocycles. The van der Waals surface area contributed by atoms with Gasteiger partial charge in [-0.2, -0.15) is 0 Å². The molecule has 116 valence electrons. The van der Waals surface area contributed by atoms with Gasteiger partial charge in [-0.15, -0.1) is 0 Å². The van der Waals surface area contributed by atoms with E-state index in [1.165, 1.54) is 0 Å². The van der Waals surface area contributed by atoms with Gasteiger partial charge in [-0.05, 0) is 30.2 Å². The molecule has 2 aromatic rings. The quantitative estimate of drug-likeness (QED) is 0.853. The molecule has 1 heterocycles. The fraction of sp³-hybridized carbons (Fsp3) is 0.294. The second-order valence-electron chi connectivity index (χ2n) is 4.67. The van der Waals surface area contributed by atoms with E-state index in [4.69, 9.17) is 9.47 Å². The molecule has 22 heavy (non-hydrogen) atoms. The van der Waals surface area contributed by atoms with Crippen LogP contribution in [0.3, 0.4) is 0 Å². The van der Waals surface area contributed by atoms with Crippen LogP contribution in [0.4, 0.5) is 0 Å². The Kier molecular flexibility index (Phi) is 5.91. The van der Waals surface area contributed by atoms with E-state index in [1.807, 2.05) is 31.2 Å². The Labute approximate surface area is 130 Å². The monoisotopic (exact) mass is 300 g/mol. The Morgan fingerprint density at radius 2 is 1.95 bits per heavy atom. The lowest BCUT2D eigenvalue weighted by molar-refractivity contribution is 0.0945. The van der Waals surface area contributed by atoms with Crippen molar-refractivity contribution in [2.75, 3.05) is 13.7 Å². The van der Waals surface area contributed by atoms with Crippen molar-refractivity contribution in [3.05, 3.63) is 59.3 Å². The number of rotatable bonds is 7. The number of hydrogen-bond donors (Lipinski definition) is 1. The van der Waals surface area contributed by atoms with E-state index in [2.05, 4.69) is 10.3 Å². The molecule has 1 aromatic heterocycles. The summed E-state index contributed by atoms with van der Waals surface area (Å²) in [6.07, 6.45) is 1.61. The van der Waals surface area contributed by atoms with Gasteiger partial charge in [0.15, 0.2) is 0 Å². The van der Waals surface area contributed by atoms with Gasteiger partial charge in [0.05, 0.1) is 13.2 Å². The molecule has 0 radical (unpaired) electrons. The third-order valence-electron chi connectivity index (χ3n) is 3.15. The number of aromatic nitrogens is 1. The second kappa shape index (κ2) is 8.14. The van der Waals surface area contributed by atoms with E-state index in [0.29, 0.717) is 31.2 Å². The van der Waals surface area contributed by atoms with Crippen LogP contribution in [0, 0.1) is 0 Å². The maximum atomic E-state index is 12.3. The molecule has 0 unspecified atom stereocenters. The van der Waals surface area contributed by atoms with Gasteiger partial charge in [-0.1, -0.05) is 24.3 Å². The molecule has 0 aliphatic rings. The average Bonchev–Trinajstić information content (AvgIpc) is 2.55. The van der Waals surface area contributed by atoms with Gasteiger partial charge in [0, 0.05) is 19.9 Å². The van der Waals surface area contributed by atoms with Gasteiger partial charge in [0.1, 0.15) is 5.56 Å². The predicted octanol–water partition coefficient (Wildman–Crippen LogP) is 2.56. The maximum Gasteiger partial charge on any atom is 0.257 e. The van der Waals surface area contributed by atoms with Crippen LogP contribution in [0.25, 0.3) is 0 Å². The summed E-state index contributed by atoms with van der Waals surface area (Å²) in [5.41, 5.74) is 2.52. The number of ether oxygens (including phenoxy) is 2. The Hall–Kier alpha value is -2.40. The van der Waals surface area contributed by atoms with Crippen molar-refractivity contribution in [3.8, 4) is 5.88 Å². The van der Waals surface area contributed by atoms with Crippen LogP contribution in [-0.2, 0) is 17.9 Å². The largest absolute Gasteiger partial charge is 0.477 e. The Morgan fingerprint density at radius 3 is 2.68 bits per heavy atom. The summed E-state index contributed by atoms with van der Waals surface area (Å²) in [6.45, 7) is 3.27. The summed E-state index contributed by atoms with van der Waals surface area (Å²) in [4.78, 5) is 16.4. The highest BCUT2D eigenvalue weighted by molar-refractivity contribution is 5.96. The van der Waals surface area contributed by atoms with Crippen molar-refractivity contribution in [2.45, 2.75) is 20.1 Å². The van der Waals surface area contributed by atoms with Crippen molar-refractivity contribution in [2.24, 2.45) is 0 Å². The number of nitrogens with zero attached hydrogens (tertiary/aromatic N) is 1. The van der Waals surface area contributed by atoms with Gasteiger partial charge >= 0.3 is 0 Å². The Bertz CT molecular complexity index is 629. The van der Waals surface area contributed by atoms with Crippen LogP contribution in [0.15, 0.2) is 42.6 Å². The zero-order valence-corrected chi connectivity index (χ0v) is 12.8. The van der Waals surface area contributed by atoms with Crippen molar-refractivity contribution in [1.29, 1.82) is 0 Å². The fourth-order valence-corrected chi connectivity index (χ4v) is 2.11. The van der Waals surface area contributed by atoms with Crippen molar-refractivity contribution in [3.63, 3.8) is 0 Å². The molecule has 5 heteroatoms. The second-order valence-corrected chi connectivity index (χ2v) is 4.67. The Morgan fingerprint density at radius 1 is 1.18 bits per heavy atom. The fourth-order valence-electron chi connectivity index (χ4n) is 2.11. The molecule has 1 N–H and O–H groups in total. The van der Waals surface area contributed by atoms with Gasteiger partial charge in [-0.25, -0.2) is 4.98 Å². The van der Waals surface area contributed by atoms with E-state index in [0.717, 1.165) is 11.1 Å². The zero-order valence-electron chi connectivity index (χ0n) is 12.8. The summed E-state index contributed by atoms with van der Waals surface area (Å²) < 4.78 is 10.5. The number of carbonyl (C=O) groups excluding carboxylic acids is 1. The summed E-state index contributed by atoms with van der Waals surface area (Å²) in [6, 6.07) is 11.3. The topological polar surface area (TPSA) is 60.5 Å². The van der Waals surface area contributed by atoms with E-state index >= 15 is 0 Å². The van der Waals surface area contributed by atoms with Gasteiger partial charge < -0.3 is 14.8 Å². The van der Waals surface area contributed by atoms with E-state index in [9.17, 15) is 4.79 Å². The van der Waals surface area contributed by atoms with Gasteiger partial charge in [-0.3, -0.25) is 4.79 Å². The summed E-state index contributed by atoms with van der Waals surface area (Å²) in [7, 11) is 1.65. The lowest BCUT2D eigenvalue weighted by Gasteiger charge is -2.11. The molecule has 0 fully saturated rings. The number of benzene rings is 1. The SMILES string of the molecule is CCOc1ncccc1C(=O)NCc1ccccc1COC. The van der Waals surface area contributed by atoms with Crippen molar-refractivity contribution >= 4 is 5.91 Å². The van der Waals surface area contributed by atoms with E-state index in [1.54, 1.807) is 25.4 Å². The lowest BCUT2D eigenvalue weighted by atomic mass is 10.1. The number of nitrogens with one attached hydrogen (secondary N) is 1. The smallest absolute Gasteiger partial charge is 0.257 e. The molecular weight excluding hydrogens is 280 g/mol. The van der Waals surface area contributed by atoms with E-state index < -0.39 is 0 Å². The zero-order chi connectivity index (χ0) is 15.8. The third-order valence-corrected chi connectivity index (χ3v) is 3.15. The molecule has 0 aliphatic carbocycles. The summed E-state index contributed by atoms with van der Waals surface area (Å²) >= 11 is 0. The number of carbonyl (C=O) groups is 1. The summed E-state index contributed by atoms with van der Waals surface area (Å²) in [5.74, 6) is 0.149. The molecule has 0 aliphatic heterocycles. The Balaban J connectivity index is 2.07. The first-order valence-electron chi connectivity index (χ1n) is 7.18. The normalized spacial score (nSPS) is 10.3. The number of methoxy groups -OCH3 is 1. The van der Waals surface area contributed by atoms with Crippen LogP contribution in [-0.4, -0.2) is 24.6 Å². The maximum absolute atomic E-state index is 12.3. The highest BCUT2D eigenvalue weighted by Gasteiger charge is 2.13. The van der Waals surface area contributed by atoms with Crippen molar-refractivity contribution in [1.82, 2.24) is 10.3 Å². The first-order valence-corrected chi connectivity index (χ1v) is 7.18. The standard InChI is InChI=1S/C17H20N2O3/c1-3-22-17-15(9-6-10-18-17)16(20)19-11-13-7-4-5-8-14(13)12-21-2/h4-10H,3,11-12H2,1-2H3,(H,19,20). The highest BCUT2D eigenvalue weighted by atomic mass is 16.5. The van der Waals surface area contributed by atoms with Crippen LogP contribution in [0.1, 0.15) is 28.4 Å². The molecule has 5 nitrogen and oxygen atoms in total. The minimum absolute atomic E-state index is 0.205. The van der Waals surface area contributed by atoms with Gasteiger partial charge in [0.25, 0.3) is 5.91 Å². The van der Waals surface area contributed by atoms with Crippen LogP contribution >= 0.6 is 0 Å². The molecule has 0 atom stereocenters. The van der Waals surface area contributed by atoms with Crippen LogP contribution in [0.5, 0.6) is 5.88 Å². The van der Waals surface area contributed by atoms with Crippen LogP contribution < -0.4 is 10.1 Å². The average molecular weight is 300 g/mol. The van der Waals surface area contributed by atoms with Gasteiger partial charge in [0.2, 0.25) is 5.88 Å². The molecule has 0 spiro atoms.